The third-order valence-electron chi connectivity index (χ3n) is 5.41. The molecule has 34 heavy (non-hydrogen) atoms. The molecule has 0 saturated heterocycles. The Hall–Kier alpha value is -3.10. The molecular formula is C25H27ClN4O3S. The average molecular weight is 499 g/mol. The maximum Gasteiger partial charge on any atom is 0.325 e. The molecule has 0 aliphatic heterocycles. The van der Waals surface area contributed by atoms with Gasteiger partial charge in [0.2, 0.25) is 5.13 Å². The van der Waals surface area contributed by atoms with Gasteiger partial charge in [-0.25, -0.2) is 4.98 Å². The molecule has 0 bridgehead atoms. The monoisotopic (exact) mass is 498 g/mol. The molecule has 3 rings (SSSR count). The molecule has 0 fully saturated rings. The summed E-state index contributed by atoms with van der Waals surface area (Å²) in [6.07, 6.45) is 1.71. The van der Waals surface area contributed by atoms with Crippen LogP contribution in [0, 0.1) is 0 Å². The number of esters is 1. The first-order valence-electron chi connectivity index (χ1n) is 11.1. The zero-order chi connectivity index (χ0) is 24.5. The van der Waals surface area contributed by atoms with Gasteiger partial charge in [0.15, 0.2) is 11.4 Å². The first kappa shape index (κ1) is 25.5. The van der Waals surface area contributed by atoms with E-state index in [0.29, 0.717) is 34.4 Å². The number of halogens is 1. The number of anilines is 1. The number of aldehydes is 1. The van der Waals surface area contributed by atoms with Crippen LogP contribution in [-0.4, -0.2) is 30.3 Å². The van der Waals surface area contributed by atoms with Crippen LogP contribution < -0.4 is 4.90 Å². The number of likely N-dealkylation sites (N-methyl/N-ethyl adjacent to an activating group) is 1. The predicted octanol–water partition coefficient (Wildman–Crippen LogP) is 7.11. The van der Waals surface area contributed by atoms with Gasteiger partial charge >= 0.3 is 5.97 Å². The van der Waals surface area contributed by atoms with Gasteiger partial charge in [-0.05, 0) is 54.7 Å². The highest BCUT2D eigenvalue weighted by Crippen LogP contribution is 2.29. The molecule has 1 aromatic heterocycles. The van der Waals surface area contributed by atoms with Crippen LogP contribution in [0.3, 0.4) is 0 Å². The number of azo groups is 1. The summed E-state index contributed by atoms with van der Waals surface area (Å²) < 4.78 is 5.53. The zero-order valence-electron chi connectivity index (χ0n) is 19.4. The van der Waals surface area contributed by atoms with Crippen LogP contribution in [0.1, 0.15) is 53.9 Å². The molecule has 0 N–H and O–H groups in total. The lowest BCUT2D eigenvalue weighted by Crippen LogP contribution is -2.30. The fourth-order valence-corrected chi connectivity index (χ4v) is 4.11. The molecule has 0 aliphatic carbocycles. The van der Waals surface area contributed by atoms with Crippen LogP contribution in [0.15, 0.2) is 58.8 Å². The van der Waals surface area contributed by atoms with Crippen molar-refractivity contribution in [1.82, 2.24) is 4.98 Å². The molecule has 9 heteroatoms. The van der Waals surface area contributed by atoms with Crippen LogP contribution >= 0.6 is 22.9 Å². The van der Waals surface area contributed by atoms with Crippen molar-refractivity contribution in [3.05, 3.63) is 69.7 Å². The summed E-state index contributed by atoms with van der Waals surface area (Å²) in [7, 11) is 0. The summed E-state index contributed by atoms with van der Waals surface area (Å²) in [5.41, 5.74) is 3.73. The lowest BCUT2D eigenvalue weighted by molar-refractivity contribution is -0.143. The quantitative estimate of drug-likeness (QED) is 0.160. The van der Waals surface area contributed by atoms with Crippen molar-refractivity contribution in [2.75, 3.05) is 18.0 Å². The SMILES string of the molecule is CC[C@H](C)c1cccc(COC(=O)CN(CC)c2ccc(/N=N/c3nc(Cl)c(C=O)s3)cc2)c1. The largest absolute Gasteiger partial charge is 0.459 e. The van der Waals surface area contributed by atoms with E-state index in [1.165, 1.54) is 5.56 Å². The third kappa shape index (κ3) is 6.95. The van der Waals surface area contributed by atoms with Gasteiger partial charge in [-0.2, -0.15) is 0 Å². The zero-order valence-corrected chi connectivity index (χ0v) is 21.0. The van der Waals surface area contributed by atoms with E-state index < -0.39 is 0 Å². The van der Waals surface area contributed by atoms with E-state index in [-0.39, 0.29) is 24.3 Å². The Bertz CT molecular complexity index is 1150. The molecule has 2 aromatic carbocycles. The highest BCUT2D eigenvalue weighted by molar-refractivity contribution is 7.17. The van der Waals surface area contributed by atoms with Crippen molar-refractivity contribution in [3.8, 4) is 0 Å². The van der Waals surface area contributed by atoms with E-state index in [1.807, 2.05) is 36.1 Å². The predicted molar refractivity (Wildman–Crippen MR) is 136 cm³/mol. The average Bonchev–Trinajstić information content (AvgIpc) is 3.24. The molecule has 0 spiro atoms. The van der Waals surface area contributed by atoms with Gasteiger partial charge in [0, 0.05) is 12.2 Å². The lowest BCUT2D eigenvalue weighted by Gasteiger charge is -2.22. The maximum atomic E-state index is 12.5. The number of nitrogens with zero attached hydrogens (tertiary/aromatic N) is 4. The van der Waals surface area contributed by atoms with E-state index in [0.717, 1.165) is 29.0 Å². The van der Waals surface area contributed by atoms with Gasteiger partial charge < -0.3 is 9.64 Å². The number of carbonyl (C=O) groups is 2. The number of hydrogen-bond acceptors (Lipinski definition) is 8. The highest BCUT2D eigenvalue weighted by atomic mass is 35.5. The minimum atomic E-state index is -0.286. The van der Waals surface area contributed by atoms with E-state index in [9.17, 15) is 9.59 Å². The van der Waals surface area contributed by atoms with Crippen LogP contribution in [0.5, 0.6) is 0 Å². The summed E-state index contributed by atoms with van der Waals surface area (Å²) in [4.78, 5) is 29.6. The molecule has 0 aliphatic rings. The van der Waals surface area contributed by atoms with Crippen LogP contribution in [-0.2, 0) is 16.1 Å². The first-order valence-corrected chi connectivity index (χ1v) is 12.3. The maximum absolute atomic E-state index is 12.5. The Balaban J connectivity index is 1.56. The number of ether oxygens (including phenoxy) is 1. The molecule has 0 radical (unpaired) electrons. The summed E-state index contributed by atoms with van der Waals surface area (Å²) in [5.74, 6) is 0.188. The Morgan fingerprint density at radius 3 is 2.62 bits per heavy atom. The van der Waals surface area contributed by atoms with Crippen molar-refractivity contribution >= 4 is 51.7 Å². The third-order valence-corrected chi connectivity index (χ3v) is 6.67. The Kier molecular flexibility index (Phi) is 9.30. The van der Waals surface area contributed by atoms with E-state index in [1.54, 1.807) is 12.1 Å². The Labute approximate surface area is 208 Å². The smallest absolute Gasteiger partial charge is 0.325 e. The van der Waals surface area contributed by atoms with Gasteiger partial charge in [-0.1, -0.05) is 61.1 Å². The number of benzene rings is 2. The molecule has 0 unspecified atom stereocenters. The summed E-state index contributed by atoms with van der Waals surface area (Å²) in [6, 6.07) is 15.5. The Morgan fingerprint density at radius 2 is 1.97 bits per heavy atom. The topological polar surface area (TPSA) is 84.2 Å². The van der Waals surface area contributed by atoms with Crippen molar-refractivity contribution in [2.24, 2.45) is 10.2 Å². The van der Waals surface area contributed by atoms with Crippen molar-refractivity contribution in [1.29, 1.82) is 0 Å². The molecular weight excluding hydrogens is 472 g/mol. The van der Waals surface area contributed by atoms with E-state index in [4.69, 9.17) is 16.3 Å². The second-order valence-electron chi connectivity index (χ2n) is 7.71. The van der Waals surface area contributed by atoms with Gasteiger partial charge in [-0.15, -0.1) is 10.2 Å². The number of aromatic nitrogens is 1. The van der Waals surface area contributed by atoms with Gasteiger partial charge in [0.25, 0.3) is 0 Å². The molecule has 1 heterocycles. The molecule has 0 amide bonds. The second-order valence-corrected chi connectivity index (χ2v) is 9.08. The van der Waals surface area contributed by atoms with Gasteiger partial charge in [0.05, 0.1) is 5.69 Å². The van der Waals surface area contributed by atoms with Crippen molar-refractivity contribution in [2.45, 2.75) is 39.7 Å². The van der Waals surface area contributed by atoms with Crippen LogP contribution in [0.2, 0.25) is 5.15 Å². The summed E-state index contributed by atoms with van der Waals surface area (Å²) >= 11 is 6.92. The lowest BCUT2D eigenvalue weighted by atomic mass is 9.97. The standard InChI is InChI=1S/C25H27ClN4O3S/c1-4-17(3)19-8-6-7-18(13-19)16-33-23(32)14-30(5-2)21-11-9-20(10-12-21)28-29-25-27-24(26)22(15-31)34-25/h6-13,15,17H,4-5,14,16H2,1-3H3/b29-28+/t17-/m0/s1. The molecule has 1 atom stereocenters. The fraction of sp³-hybridized carbons (Fsp3) is 0.320. The molecule has 178 valence electrons. The van der Waals surface area contributed by atoms with Crippen molar-refractivity contribution < 1.29 is 14.3 Å². The molecule has 0 saturated carbocycles. The Morgan fingerprint density at radius 1 is 1.21 bits per heavy atom. The summed E-state index contributed by atoms with van der Waals surface area (Å²) in [6.45, 7) is 7.38. The van der Waals surface area contributed by atoms with Crippen LogP contribution in [0.4, 0.5) is 16.5 Å². The molecule has 7 nitrogen and oxygen atoms in total. The highest BCUT2D eigenvalue weighted by Gasteiger charge is 2.12. The minimum absolute atomic E-state index is 0.123. The first-order chi connectivity index (χ1) is 16.4. The van der Waals surface area contributed by atoms with E-state index in [2.05, 4.69) is 41.2 Å². The van der Waals surface area contributed by atoms with Gasteiger partial charge in [0.1, 0.15) is 18.0 Å². The number of carbonyl (C=O) groups excluding carboxylic acids is 2. The van der Waals surface area contributed by atoms with Crippen LogP contribution in [0.25, 0.3) is 0 Å². The number of thiazole rings is 1. The van der Waals surface area contributed by atoms with Crippen molar-refractivity contribution in [3.63, 3.8) is 0 Å². The van der Waals surface area contributed by atoms with Gasteiger partial charge in [-0.3, -0.25) is 9.59 Å². The van der Waals surface area contributed by atoms with E-state index >= 15 is 0 Å². The normalized spacial score (nSPS) is 12.0. The number of rotatable bonds is 11. The molecule has 3 aromatic rings. The second kappa shape index (κ2) is 12.4. The fourth-order valence-electron chi connectivity index (χ4n) is 3.22. The number of hydrogen-bond donors (Lipinski definition) is 0. The minimum Gasteiger partial charge on any atom is -0.459 e. The summed E-state index contributed by atoms with van der Waals surface area (Å²) in [5, 5.41) is 8.59.